The molecule has 0 bridgehead atoms. The summed E-state index contributed by atoms with van der Waals surface area (Å²) in [5.41, 5.74) is 0.239. The number of rotatable bonds is 6. The van der Waals surface area contributed by atoms with E-state index in [0.717, 1.165) is 0 Å². The zero-order valence-corrected chi connectivity index (χ0v) is 16.5. The van der Waals surface area contributed by atoms with E-state index >= 15 is 0 Å². The zero-order chi connectivity index (χ0) is 20.3. The fourth-order valence-corrected chi connectivity index (χ4v) is 2.68. The maximum absolute atomic E-state index is 12.7. The summed E-state index contributed by atoms with van der Waals surface area (Å²) in [5, 5.41) is 7.52. The molecule has 1 aromatic carbocycles. The number of esters is 1. The van der Waals surface area contributed by atoms with Gasteiger partial charge in [0.2, 0.25) is 0 Å². The van der Waals surface area contributed by atoms with Crippen molar-refractivity contribution < 1.29 is 19.1 Å². The van der Waals surface area contributed by atoms with Crippen molar-refractivity contribution in [3.8, 4) is 5.75 Å². The lowest BCUT2D eigenvalue weighted by molar-refractivity contribution is -0.128. The number of nitrogens with zero attached hydrogens (tertiary/aromatic N) is 2. The minimum Gasteiger partial charge on any atom is -0.478 e. The highest BCUT2D eigenvalue weighted by Gasteiger charge is 2.30. The van der Waals surface area contributed by atoms with Crippen LogP contribution in [0.1, 0.15) is 31.1 Å². The Hall–Kier alpha value is -3.06. The second kappa shape index (κ2) is 7.90. The predicted molar refractivity (Wildman–Crippen MR) is 106 cm³/mol. The molecule has 28 heavy (non-hydrogen) atoms. The topological polar surface area (TPSA) is 81.9 Å². The van der Waals surface area contributed by atoms with Gasteiger partial charge in [0.05, 0.1) is 18.3 Å². The van der Waals surface area contributed by atoms with Gasteiger partial charge in [-0.05, 0) is 57.2 Å². The molecule has 0 saturated heterocycles. The molecule has 0 aliphatic rings. The number of carbonyl (C=O) groups is 2. The lowest BCUT2D eigenvalue weighted by Gasteiger charge is -2.25. The summed E-state index contributed by atoms with van der Waals surface area (Å²) in [5.74, 6) is -0.281. The molecule has 0 spiro atoms. The lowest BCUT2D eigenvalue weighted by atomic mass is 10.1. The monoisotopic (exact) mass is 401 g/mol. The van der Waals surface area contributed by atoms with E-state index < -0.39 is 11.6 Å². The molecule has 8 heteroatoms. The normalized spacial score (nSPS) is 11.3. The van der Waals surface area contributed by atoms with Gasteiger partial charge in [0.1, 0.15) is 11.3 Å². The molecule has 0 aliphatic heterocycles. The van der Waals surface area contributed by atoms with Crippen molar-refractivity contribution in [3.63, 3.8) is 0 Å². The van der Waals surface area contributed by atoms with E-state index in [-0.39, 0.29) is 12.5 Å². The minimum absolute atomic E-state index is 0.267. The Morgan fingerprint density at radius 1 is 1.21 bits per heavy atom. The number of pyridine rings is 1. The number of hydrogen-bond acceptors (Lipinski definition) is 5. The van der Waals surface area contributed by atoms with Gasteiger partial charge in [-0.1, -0.05) is 11.6 Å². The molecule has 3 rings (SSSR count). The molecular formula is C20H20ClN3O4. The summed E-state index contributed by atoms with van der Waals surface area (Å²) in [6.07, 6.45) is 3.09. The first-order valence-corrected chi connectivity index (χ1v) is 9.08. The standard InChI is InChI=1S/C20H20ClN3O4/c1-4-27-18(25)16-12-22-24-10-9-14(11-17(16)24)23-19(26)20(2,3)28-15-7-5-13(21)6-8-15/h5-12H,4H2,1-3H3,(H,23,26). The lowest BCUT2D eigenvalue weighted by Crippen LogP contribution is -2.42. The van der Waals surface area contributed by atoms with E-state index in [9.17, 15) is 9.59 Å². The molecule has 2 heterocycles. The molecule has 0 unspecified atom stereocenters. The largest absolute Gasteiger partial charge is 0.478 e. The Labute approximate surface area is 167 Å². The van der Waals surface area contributed by atoms with E-state index in [2.05, 4.69) is 10.4 Å². The smallest absolute Gasteiger partial charge is 0.341 e. The molecule has 2 aromatic heterocycles. The van der Waals surface area contributed by atoms with E-state index in [1.807, 2.05) is 0 Å². The number of anilines is 1. The van der Waals surface area contributed by atoms with Crippen LogP contribution in [0.25, 0.3) is 5.52 Å². The van der Waals surface area contributed by atoms with Gasteiger partial charge < -0.3 is 14.8 Å². The highest BCUT2D eigenvalue weighted by atomic mass is 35.5. The van der Waals surface area contributed by atoms with Crippen LogP contribution in [-0.4, -0.2) is 33.7 Å². The second-order valence-electron chi connectivity index (χ2n) is 6.54. The number of carbonyl (C=O) groups excluding carboxylic acids is 2. The Morgan fingerprint density at radius 2 is 1.93 bits per heavy atom. The van der Waals surface area contributed by atoms with Crippen molar-refractivity contribution in [1.82, 2.24) is 9.61 Å². The molecule has 1 N–H and O–H groups in total. The Morgan fingerprint density at radius 3 is 2.61 bits per heavy atom. The molecule has 3 aromatic rings. The van der Waals surface area contributed by atoms with Gasteiger partial charge in [0, 0.05) is 16.9 Å². The number of aromatic nitrogens is 2. The maximum atomic E-state index is 12.7. The summed E-state index contributed by atoms with van der Waals surface area (Å²) in [6, 6.07) is 10.1. The van der Waals surface area contributed by atoms with Crippen molar-refractivity contribution in [1.29, 1.82) is 0 Å². The molecule has 0 fully saturated rings. The van der Waals surface area contributed by atoms with E-state index in [1.165, 1.54) is 10.7 Å². The number of benzene rings is 1. The summed E-state index contributed by atoms with van der Waals surface area (Å²) in [6.45, 7) is 5.33. The fraction of sp³-hybridized carbons (Fsp3) is 0.250. The number of nitrogens with one attached hydrogen (secondary N) is 1. The molecule has 146 valence electrons. The van der Waals surface area contributed by atoms with Crippen molar-refractivity contribution in [2.75, 3.05) is 11.9 Å². The third-order valence-corrected chi connectivity index (χ3v) is 4.26. The first-order valence-electron chi connectivity index (χ1n) is 8.70. The Kier molecular flexibility index (Phi) is 5.56. The predicted octanol–water partition coefficient (Wildman–Crippen LogP) is 3.96. The van der Waals surface area contributed by atoms with E-state index in [0.29, 0.717) is 27.5 Å². The number of amides is 1. The summed E-state index contributed by atoms with van der Waals surface area (Å²) in [7, 11) is 0. The first kappa shape index (κ1) is 19.7. The number of fused-ring (bicyclic) bond motifs is 1. The zero-order valence-electron chi connectivity index (χ0n) is 15.7. The van der Waals surface area contributed by atoms with Gasteiger partial charge >= 0.3 is 5.97 Å². The average Bonchev–Trinajstić information content (AvgIpc) is 3.07. The van der Waals surface area contributed by atoms with Crippen LogP contribution in [0.3, 0.4) is 0 Å². The third-order valence-electron chi connectivity index (χ3n) is 4.01. The molecule has 1 amide bonds. The van der Waals surface area contributed by atoms with Crippen LogP contribution in [0.5, 0.6) is 5.75 Å². The molecule has 0 radical (unpaired) electrons. The van der Waals surface area contributed by atoms with Gasteiger partial charge in [-0.3, -0.25) is 4.79 Å². The van der Waals surface area contributed by atoms with Crippen molar-refractivity contribution in [3.05, 3.63) is 59.4 Å². The third kappa shape index (κ3) is 4.26. The van der Waals surface area contributed by atoms with Crippen LogP contribution < -0.4 is 10.1 Å². The molecule has 0 saturated carbocycles. The van der Waals surface area contributed by atoms with Crippen LogP contribution in [0.2, 0.25) is 5.02 Å². The van der Waals surface area contributed by atoms with E-state index in [4.69, 9.17) is 21.1 Å². The van der Waals surface area contributed by atoms with Gasteiger partial charge in [-0.25, -0.2) is 9.31 Å². The van der Waals surface area contributed by atoms with Crippen LogP contribution in [0.15, 0.2) is 48.8 Å². The van der Waals surface area contributed by atoms with Crippen LogP contribution in [0.4, 0.5) is 5.69 Å². The van der Waals surface area contributed by atoms with Gasteiger partial charge in [0.25, 0.3) is 5.91 Å². The van der Waals surface area contributed by atoms with Crippen molar-refractivity contribution in [2.24, 2.45) is 0 Å². The van der Waals surface area contributed by atoms with Crippen molar-refractivity contribution >= 4 is 34.7 Å². The fourth-order valence-electron chi connectivity index (χ4n) is 2.55. The summed E-state index contributed by atoms with van der Waals surface area (Å²) >= 11 is 5.87. The summed E-state index contributed by atoms with van der Waals surface area (Å²) < 4.78 is 12.4. The summed E-state index contributed by atoms with van der Waals surface area (Å²) in [4.78, 5) is 24.8. The molecule has 7 nitrogen and oxygen atoms in total. The van der Waals surface area contributed by atoms with Crippen LogP contribution >= 0.6 is 11.6 Å². The Bertz CT molecular complexity index is 1010. The van der Waals surface area contributed by atoms with Crippen LogP contribution in [-0.2, 0) is 9.53 Å². The number of halogens is 1. The van der Waals surface area contributed by atoms with Crippen LogP contribution in [0, 0.1) is 0 Å². The highest BCUT2D eigenvalue weighted by molar-refractivity contribution is 6.30. The maximum Gasteiger partial charge on any atom is 0.341 e. The first-order chi connectivity index (χ1) is 13.3. The van der Waals surface area contributed by atoms with Gasteiger partial charge in [-0.15, -0.1) is 0 Å². The second-order valence-corrected chi connectivity index (χ2v) is 6.98. The number of hydrogen-bond donors (Lipinski definition) is 1. The quantitative estimate of drug-likeness (QED) is 0.632. The minimum atomic E-state index is -1.13. The average molecular weight is 402 g/mol. The van der Waals surface area contributed by atoms with Gasteiger partial charge in [0.15, 0.2) is 5.60 Å². The molecular weight excluding hydrogens is 382 g/mol. The highest BCUT2D eigenvalue weighted by Crippen LogP contribution is 2.23. The SMILES string of the molecule is CCOC(=O)c1cnn2ccc(NC(=O)C(C)(C)Oc3ccc(Cl)cc3)cc12. The molecule has 0 atom stereocenters. The number of ether oxygens (including phenoxy) is 2. The van der Waals surface area contributed by atoms with Crippen molar-refractivity contribution in [2.45, 2.75) is 26.4 Å². The van der Waals surface area contributed by atoms with Gasteiger partial charge in [-0.2, -0.15) is 5.10 Å². The molecule has 0 aliphatic carbocycles. The van der Waals surface area contributed by atoms with E-state index in [1.54, 1.807) is 63.4 Å². The Balaban J connectivity index is 1.78.